The predicted octanol–water partition coefficient (Wildman–Crippen LogP) is 3.50. The van der Waals surface area contributed by atoms with Crippen LogP contribution >= 0.6 is 0 Å². The van der Waals surface area contributed by atoms with Crippen LogP contribution in [0, 0.1) is 17.8 Å². The molecule has 2 aromatic rings. The molecule has 2 aliphatic carbocycles. The molecule has 4 aliphatic rings. The summed E-state index contributed by atoms with van der Waals surface area (Å²) >= 11 is 0. The zero-order valence-electron chi connectivity index (χ0n) is 29.4. The number of amides is 4. The van der Waals surface area contributed by atoms with Crippen molar-refractivity contribution >= 4 is 44.6 Å². The van der Waals surface area contributed by atoms with Crippen LogP contribution in [0.3, 0.4) is 0 Å². The van der Waals surface area contributed by atoms with Crippen LogP contribution in [0.4, 0.5) is 4.79 Å². The fourth-order valence-corrected chi connectivity index (χ4v) is 8.82. The number of ether oxygens (including phenoxy) is 2. The zero-order valence-corrected chi connectivity index (χ0v) is 30.2. The van der Waals surface area contributed by atoms with Gasteiger partial charge in [0.15, 0.2) is 0 Å². The maximum Gasteiger partial charge on any atom is 0.405 e. The van der Waals surface area contributed by atoms with E-state index in [0.717, 1.165) is 11.8 Å². The van der Waals surface area contributed by atoms with Crippen LogP contribution in [0.2, 0.25) is 0 Å². The van der Waals surface area contributed by atoms with E-state index in [0.29, 0.717) is 43.2 Å². The van der Waals surface area contributed by atoms with Crippen molar-refractivity contribution in [3.8, 4) is 11.6 Å². The van der Waals surface area contributed by atoms with Crippen molar-refractivity contribution in [3.63, 3.8) is 0 Å². The average Bonchev–Trinajstić information content (AvgIpc) is 3.97. The quantitative estimate of drug-likeness (QED) is 0.293. The summed E-state index contributed by atoms with van der Waals surface area (Å²) in [7, 11) is -2.46. The summed E-state index contributed by atoms with van der Waals surface area (Å²) in [5.41, 5.74) is -1.54. The molecule has 276 valence electrons. The van der Waals surface area contributed by atoms with Gasteiger partial charge < -0.3 is 30.1 Å². The predicted molar refractivity (Wildman–Crippen MR) is 187 cm³/mol. The van der Waals surface area contributed by atoms with Crippen LogP contribution in [0.5, 0.6) is 11.6 Å². The van der Waals surface area contributed by atoms with Crippen LogP contribution < -0.4 is 24.8 Å². The van der Waals surface area contributed by atoms with Gasteiger partial charge in [0.25, 0.3) is 5.91 Å². The van der Waals surface area contributed by atoms with Gasteiger partial charge in [-0.05, 0) is 63.4 Å². The summed E-state index contributed by atoms with van der Waals surface area (Å²) in [4.78, 5) is 60.5. The number of fused-ring (bicyclic) bond motifs is 3. The summed E-state index contributed by atoms with van der Waals surface area (Å²) in [5, 5.41) is 16.6. The van der Waals surface area contributed by atoms with Gasteiger partial charge in [0.05, 0.1) is 24.6 Å². The van der Waals surface area contributed by atoms with E-state index < -0.39 is 68.2 Å². The molecule has 6 rings (SSSR count). The lowest BCUT2D eigenvalue weighted by molar-refractivity contribution is -0.142. The molecule has 1 saturated heterocycles. The van der Waals surface area contributed by atoms with Gasteiger partial charge in [-0.25, -0.2) is 18.2 Å². The van der Waals surface area contributed by atoms with E-state index in [9.17, 15) is 32.7 Å². The number of carbonyl (C=O) groups is 4. The van der Waals surface area contributed by atoms with E-state index >= 15 is 0 Å². The number of carboxylic acid groups (broad SMARTS) is 1. The van der Waals surface area contributed by atoms with Crippen LogP contribution in [-0.2, 0) is 24.4 Å². The van der Waals surface area contributed by atoms with Crippen molar-refractivity contribution in [2.24, 2.45) is 17.8 Å². The van der Waals surface area contributed by atoms with Crippen molar-refractivity contribution in [3.05, 3.63) is 42.6 Å². The van der Waals surface area contributed by atoms with Gasteiger partial charge in [-0.3, -0.25) is 19.1 Å². The van der Waals surface area contributed by atoms with Gasteiger partial charge >= 0.3 is 6.09 Å². The Morgan fingerprint density at radius 2 is 1.88 bits per heavy atom. The lowest BCUT2D eigenvalue weighted by atomic mass is 9.85. The fourth-order valence-electron chi connectivity index (χ4n) is 7.50. The van der Waals surface area contributed by atoms with E-state index in [-0.39, 0.29) is 37.1 Å². The molecule has 7 atom stereocenters. The first-order chi connectivity index (χ1) is 24.2. The number of hydrogen-bond acceptors (Lipinski definition) is 9. The number of nitrogens with zero attached hydrogens (tertiary/aromatic N) is 2. The summed E-state index contributed by atoms with van der Waals surface area (Å²) < 4.78 is 39.3. The number of hydrogen-bond donors (Lipinski definition) is 4. The molecule has 1 aromatic carbocycles. The summed E-state index contributed by atoms with van der Waals surface area (Å²) in [6, 6.07) is 5.08. The van der Waals surface area contributed by atoms with Crippen LogP contribution in [0.15, 0.2) is 42.6 Å². The zero-order chi connectivity index (χ0) is 36.7. The van der Waals surface area contributed by atoms with Crippen molar-refractivity contribution in [2.75, 3.05) is 13.7 Å². The molecule has 0 spiro atoms. The van der Waals surface area contributed by atoms with Crippen molar-refractivity contribution in [1.29, 1.82) is 0 Å². The highest BCUT2D eigenvalue weighted by atomic mass is 32.2. The largest absolute Gasteiger partial charge is 0.494 e. The number of methoxy groups -OCH3 is 1. The topological polar surface area (TPSA) is 193 Å². The molecule has 4 amide bonds. The summed E-state index contributed by atoms with van der Waals surface area (Å²) in [6.45, 7) is 5.48. The molecule has 2 aliphatic heterocycles. The van der Waals surface area contributed by atoms with E-state index in [4.69, 9.17) is 9.47 Å². The van der Waals surface area contributed by atoms with Crippen molar-refractivity contribution in [2.45, 2.75) is 101 Å². The first-order valence-corrected chi connectivity index (χ1v) is 19.1. The molecule has 0 radical (unpaired) electrons. The second-order valence-electron chi connectivity index (χ2n) is 14.8. The minimum Gasteiger partial charge on any atom is -0.494 e. The maximum absolute atomic E-state index is 14.5. The molecular formula is C36H47N5O9S. The number of allylic oxidation sites excluding steroid dienone is 1. The summed E-state index contributed by atoms with van der Waals surface area (Å²) in [5.74, 6) is -1.91. The highest BCUT2D eigenvalue weighted by Crippen LogP contribution is 2.47. The number of rotatable bonds is 8. The van der Waals surface area contributed by atoms with Gasteiger partial charge in [-0.1, -0.05) is 50.6 Å². The Kier molecular flexibility index (Phi) is 9.96. The van der Waals surface area contributed by atoms with Gasteiger partial charge in [-0.2, -0.15) is 0 Å². The Bertz CT molecular complexity index is 1850. The third-order valence-corrected chi connectivity index (χ3v) is 13.3. The van der Waals surface area contributed by atoms with Crippen LogP contribution in [0.1, 0.15) is 72.1 Å². The van der Waals surface area contributed by atoms with Gasteiger partial charge in [0, 0.05) is 23.1 Å². The smallest absolute Gasteiger partial charge is 0.405 e. The van der Waals surface area contributed by atoms with Crippen molar-refractivity contribution < 1.29 is 42.2 Å². The number of sulfonamides is 1. The second kappa shape index (κ2) is 14.0. The normalized spacial score (nSPS) is 30.5. The molecule has 2 saturated carbocycles. The van der Waals surface area contributed by atoms with E-state index in [2.05, 4.69) is 27.3 Å². The molecule has 3 heterocycles. The molecule has 15 heteroatoms. The Balaban J connectivity index is 1.35. The minimum absolute atomic E-state index is 0.0150. The fraction of sp³-hybridized carbons (Fsp3) is 0.583. The first-order valence-electron chi connectivity index (χ1n) is 17.7. The molecule has 4 N–H and O–H groups in total. The number of aromatic nitrogens is 1. The van der Waals surface area contributed by atoms with Crippen LogP contribution in [0.25, 0.3) is 10.8 Å². The van der Waals surface area contributed by atoms with Crippen molar-refractivity contribution in [1.82, 2.24) is 25.2 Å². The van der Waals surface area contributed by atoms with E-state index in [1.807, 2.05) is 43.3 Å². The first kappa shape index (κ1) is 36.4. The molecule has 14 nitrogen and oxygen atoms in total. The standard InChI is InChI=1S/C36H47N5O9S/c1-5-22-16-21(2)10-6-7-11-23-18-36(23,33(44)40-51(47,48)35(3)14-15-35)39-30(42)27-17-24(20-41(27)32(43)29(22)38-34(45)46)50-31-26-13-9-8-12-25(26)28(49-4)19-37-31/h7-9,11-13,19,21-24,27,29,38H,5-6,10,14-18,20H2,1-4H3,(H,39,42)(H,40,44)(H,45,46)/t21-,22+,23+,24+,27-,29-,36+/m0/s1. The van der Waals surface area contributed by atoms with Gasteiger partial charge in [-0.15, -0.1) is 0 Å². The van der Waals surface area contributed by atoms with E-state index in [1.165, 1.54) is 18.2 Å². The average molecular weight is 726 g/mol. The molecular weight excluding hydrogens is 678 g/mol. The number of carbonyl (C=O) groups excluding carboxylic acids is 3. The number of benzene rings is 1. The Morgan fingerprint density at radius 3 is 2.55 bits per heavy atom. The lowest BCUT2D eigenvalue weighted by Crippen LogP contribution is -2.59. The van der Waals surface area contributed by atoms with E-state index in [1.54, 1.807) is 6.92 Å². The molecule has 51 heavy (non-hydrogen) atoms. The lowest BCUT2D eigenvalue weighted by Gasteiger charge is -2.33. The third-order valence-electron chi connectivity index (χ3n) is 11.1. The Labute approximate surface area is 297 Å². The summed E-state index contributed by atoms with van der Waals surface area (Å²) in [6.07, 6.45) is 6.79. The molecule has 1 aromatic heterocycles. The molecule has 3 fully saturated rings. The SMILES string of the molecule is CC[C@@H]1C[C@@H](C)CCC=C[C@@H]2C[C@@]2(C(=O)NS(=O)(=O)C2(C)CC2)NC(=O)[C@@H]2C[C@@H](Oc3ncc(OC)c4ccccc34)CN2C(=O)[C@H]1NC(=O)O. The molecule has 0 bridgehead atoms. The number of nitrogens with one attached hydrogen (secondary N) is 3. The highest BCUT2D eigenvalue weighted by Gasteiger charge is 2.63. The van der Waals surface area contributed by atoms with Gasteiger partial charge in [0.1, 0.15) is 29.5 Å². The monoisotopic (exact) mass is 725 g/mol. The third kappa shape index (κ3) is 7.22. The Hall–Kier alpha value is -4.40. The maximum atomic E-state index is 14.5. The van der Waals surface area contributed by atoms with Crippen LogP contribution in [-0.4, -0.2) is 89.4 Å². The second-order valence-corrected chi connectivity index (χ2v) is 17.0. The molecule has 0 unspecified atom stereocenters. The van der Waals surface area contributed by atoms with Gasteiger partial charge in [0.2, 0.25) is 27.7 Å². The Morgan fingerprint density at radius 1 is 1.16 bits per heavy atom. The number of pyridine rings is 1. The highest BCUT2D eigenvalue weighted by molar-refractivity contribution is 7.91. The minimum atomic E-state index is -4.00.